The van der Waals surface area contributed by atoms with Gasteiger partial charge in [0.15, 0.2) is 5.69 Å². The highest BCUT2D eigenvalue weighted by Crippen LogP contribution is 2.16. The van der Waals surface area contributed by atoms with Crippen molar-refractivity contribution in [2.75, 3.05) is 26.2 Å². The Morgan fingerprint density at radius 3 is 2.50 bits per heavy atom. The summed E-state index contributed by atoms with van der Waals surface area (Å²) >= 11 is 0. The van der Waals surface area contributed by atoms with E-state index < -0.39 is 0 Å². The minimum atomic E-state index is -0.166. The van der Waals surface area contributed by atoms with Crippen LogP contribution in [0.1, 0.15) is 50.9 Å². The van der Waals surface area contributed by atoms with Crippen molar-refractivity contribution in [3.8, 4) is 0 Å². The zero-order valence-electron chi connectivity index (χ0n) is 13.3. The van der Waals surface area contributed by atoms with Gasteiger partial charge in [-0.25, -0.2) is 0 Å². The van der Waals surface area contributed by atoms with Crippen molar-refractivity contribution < 1.29 is 9.32 Å². The molecular formula is C15H27N3O2. The number of aromatic nitrogens is 1. The molecule has 0 saturated carbocycles. The molecule has 1 N–H and O–H groups in total. The van der Waals surface area contributed by atoms with Crippen molar-refractivity contribution in [3.63, 3.8) is 0 Å². The lowest BCUT2D eigenvalue weighted by Crippen LogP contribution is -2.42. The predicted molar refractivity (Wildman–Crippen MR) is 79.8 cm³/mol. The van der Waals surface area contributed by atoms with E-state index in [-0.39, 0.29) is 11.3 Å². The van der Waals surface area contributed by atoms with Gasteiger partial charge in [0.1, 0.15) is 5.76 Å². The van der Waals surface area contributed by atoms with Gasteiger partial charge in [0, 0.05) is 25.6 Å². The first-order valence-corrected chi connectivity index (χ1v) is 7.38. The Morgan fingerprint density at radius 2 is 2.00 bits per heavy atom. The molecule has 0 fully saturated rings. The summed E-state index contributed by atoms with van der Waals surface area (Å²) in [7, 11) is 0. The number of aryl methyl sites for hydroxylation is 1. The van der Waals surface area contributed by atoms with Crippen LogP contribution in [-0.2, 0) is 6.42 Å². The Bertz CT molecular complexity index is 423. The summed E-state index contributed by atoms with van der Waals surface area (Å²) in [5.41, 5.74) is 0.388. The first kappa shape index (κ1) is 16.7. The molecule has 5 nitrogen and oxygen atoms in total. The standard InChI is InChI=1S/C15H27N3O2/c1-6-12-9-13(17-20-12)14(19)16-10-15(4,5)11-18(7-2)8-3/h9H,6-8,10-11H2,1-5H3,(H,16,19). The Kier molecular flexibility index (Phi) is 6.20. The molecule has 1 amide bonds. The summed E-state index contributed by atoms with van der Waals surface area (Å²) in [4.78, 5) is 14.4. The summed E-state index contributed by atoms with van der Waals surface area (Å²) in [6.07, 6.45) is 0.744. The smallest absolute Gasteiger partial charge is 0.273 e. The highest BCUT2D eigenvalue weighted by molar-refractivity contribution is 5.92. The molecule has 0 bridgehead atoms. The third-order valence-electron chi connectivity index (χ3n) is 3.41. The number of hydrogen-bond donors (Lipinski definition) is 1. The van der Waals surface area contributed by atoms with Gasteiger partial charge < -0.3 is 14.7 Å². The molecule has 0 radical (unpaired) electrons. The highest BCUT2D eigenvalue weighted by atomic mass is 16.5. The molecule has 1 aromatic rings. The first-order valence-electron chi connectivity index (χ1n) is 7.38. The first-order chi connectivity index (χ1) is 9.41. The van der Waals surface area contributed by atoms with Crippen molar-refractivity contribution in [2.24, 2.45) is 5.41 Å². The Balaban J connectivity index is 2.50. The molecule has 0 aliphatic heterocycles. The zero-order chi connectivity index (χ0) is 15.2. The molecule has 5 heteroatoms. The van der Waals surface area contributed by atoms with Crippen molar-refractivity contribution >= 4 is 5.91 Å². The maximum atomic E-state index is 12.0. The summed E-state index contributed by atoms with van der Waals surface area (Å²) in [6, 6.07) is 1.70. The van der Waals surface area contributed by atoms with Gasteiger partial charge in [-0.15, -0.1) is 0 Å². The van der Waals surface area contributed by atoms with Crippen molar-refractivity contribution in [3.05, 3.63) is 17.5 Å². The summed E-state index contributed by atoms with van der Waals surface area (Å²) in [5, 5.41) is 6.73. The normalized spacial score (nSPS) is 11.9. The minimum absolute atomic E-state index is 0.0268. The molecule has 20 heavy (non-hydrogen) atoms. The average Bonchev–Trinajstić information content (AvgIpc) is 2.91. The van der Waals surface area contributed by atoms with E-state index in [2.05, 4.69) is 43.1 Å². The van der Waals surface area contributed by atoms with Crippen LogP contribution in [0.4, 0.5) is 0 Å². The van der Waals surface area contributed by atoms with Crippen molar-refractivity contribution in [1.82, 2.24) is 15.4 Å². The van der Waals surface area contributed by atoms with E-state index in [0.717, 1.165) is 31.8 Å². The summed E-state index contributed by atoms with van der Waals surface area (Å²) in [6.45, 7) is 14.2. The average molecular weight is 281 g/mol. The lowest BCUT2D eigenvalue weighted by atomic mass is 9.92. The topological polar surface area (TPSA) is 58.4 Å². The van der Waals surface area contributed by atoms with E-state index >= 15 is 0 Å². The number of rotatable bonds is 8. The zero-order valence-corrected chi connectivity index (χ0v) is 13.3. The SMILES string of the molecule is CCc1cc(C(=O)NCC(C)(C)CN(CC)CC)no1. The van der Waals surface area contributed by atoms with Gasteiger partial charge >= 0.3 is 0 Å². The van der Waals surface area contributed by atoms with Crippen molar-refractivity contribution in [2.45, 2.75) is 41.0 Å². The molecular weight excluding hydrogens is 254 g/mol. The quantitative estimate of drug-likeness (QED) is 0.794. The molecule has 1 rings (SSSR count). The van der Waals surface area contributed by atoms with Gasteiger partial charge in [0.25, 0.3) is 5.91 Å². The predicted octanol–water partition coefficient (Wildman–Crippen LogP) is 2.33. The monoisotopic (exact) mass is 281 g/mol. The van der Waals surface area contributed by atoms with Gasteiger partial charge in [0.2, 0.25) is 0 Å². The Labute approximate surface area is 121 Å². The number of carbonyl (C=O) groups is 1. The van der Waals surface area contributed by atoms with Crippen LogP contribution in [-0.4, -0.2) is 42.1 Å². The van der Waals surface area contributed by atoms with E-state index in [0.29, 0.717) is 12.2 Å². The van der Waals surface area contributed by atoms with E-state index in [9.17, 15) is 4.79 Å². The second-order valence-corrected chi connectivity index (χ2v) is 5.84. The van der Waals surface area contributed by atoms with Gasteiger partial charge in [-0.2, -0.15) is 0 Å². The number of amides is 1. The van der Waals surface area contributed by atoms with Crippen LogP contribution in [0.15, 0.2) is 10.6 Å². The van der Waals surface area contributed by atoms with Crippen LogP contribution in [0.2, 0.25) is 0 Å². The fraction of sp³-hybridized carbons (Fsp3) is 0.733. The minimum Gasteiger partial charge on any atom is -0.361 e. The molecule has 0 aromatic carbocycles. The number of nitrogens with zero attached hydrogens (tertiary/aromatic N) is 2. The fourth-order valence-electron chi connectivity index (χ4n) is 2.11. The van der Waals surface area contributed by atoms with E-state index in [4.69, 9.17) is 4.52 Å². The Morgan fingerprint density at radius 1 is 1.35 bits per heavy atom. The molecule has 0 aliphatic rings. The number of hydrogen-bond acceptors (Lipinski definition) is 4. The van der Waals surface area contributed by atoms with Gasteiger partial charge in [0.05, 0.1) is 0 Å². The molecule has 0 atom stereocenters. The van der Waals surface area contributed by atoms with Crippen LogP contribution in [0.3, 0.4) is 0 Å². The van der Waals surface area contributed by atoms with Crippen LogP contribution in [0.5, 0.6) is 0 Å². The van der Waals surface area contributed by atoms with Gasteiger partial charge in [-0.05, 0) is 18.5 Å². The third-order valence-corrected chi connectivity index (χ3v) is 3.41. The summed E-state index contributed by atoms with van der Waals surface area (Å²) in [5.74, 6) is 0.568. The molecule has 0 aliphatic carbocycles. The Hall–Kier alpha value is -1.36. The van der Waals surface area contributed by atoms with E-state index in [1.165, 1.54) is 0 Å². The third kappa shape index (κ3) is 4.96. The van der Waals surface area contributed by atoms with Crippen molar-refractivity contribution in [1.29, 1.82) is 0 Å². The molecule has 0 spiro atoms. The highest BCUT2D eigenvalue weighted by Gasteiger charge is 2.22. The van der Waals surface area contributed by atoms with Crippen LogP contribution in [0.25, 0.3) is 0 Å². The summed E-state index contributed by atoms with van der Waals surface area (Å²) < 4.78 is 5.05. The second kappa shape index (κ2) is 7.43. The molecule has 0 unspecified atom stereocenters. The van der Waals surface area contributed by atoms with Crippen LogP contribution in [0, 0.1) is 5.41 Å². The van der Waals surface area contributed by atoms with Crippen LogP contribution >= 0.6 is 0 Å². The van der Waals surface area contributed by atoms with Crippen LogP contribution < -0.4 is 5.32 Å². The van der Waals surface area contributed by atoms with Gasteiger partial charge in [-0.3, -0.25) is 4.79 Å². The number of nitrogens with one attached hydrogen (secondary N) is 1. The lowest BCUT2D eigenvalue weighted by molar-refractivity contribution is 0.0914. The fourth-order valence-corrected chi connectivity index (χ4v) is 2.11. The molecule has 114 valence electrons. The molecule has 1 heterocycles. The van der Waals surface area contributed by atoms with E-state index in [1.807, 2.05) is 6.92 Å². The van der Waals surface area contributed by atoms with Gasteiger partial charge in [-0.1, -0.05) is 39.8 Å². The largest absolute Gasteiger partial charge is 0.361 e. The lowest BCUT2D eigenvalue weighted by Gasteiger charge is -2.31. The van der Waals surface area contributed by atoms with E-state index in [1.54, 1.807) is 6.07 Å². The second-order valence-electron chi connectivity index (χ2n) is 5.84. The maximum Gasteiger partial charge on any atom is 0.273 e. The molecule has 1 aromatic heterocycles. The molecule has 0 saturated heterocycles. The number of carbonyl (C=O) groups excluding carboxylic acids is 1. The maximum absolute atomic E-state index is 12.0.